The summed E-state index contributed by atoms with van der Waals surface area (Å²) in [7, 11) is 1.85. The van der Waals surface area contributed by atoms with Gasteiger partial charge >= 0.3 is 0 Å². The summed E-state index contributed by atoms with van der Waals surface area (Å²) in [6, 6.07) is 7.38. The molecular weight excluding hydrogens is 414 g/mol. The zero-order valence-electron chi connectivity index (χ0n) is 18.2. The summed E-state index contributed by atoms with van der Waals surface area (Å²) in [4.78, 5) is 19.5. The molecule has 1 aromatic rings. The van der Waals surface area contributed by atoms with Crippen LogP contribution in [0.15, 0.2) is 52.5 Å². The van der Waals surface area contributed by atoms with Crippen molar-refractivity contribution in [3.8, 4) is 0 Å². The van der Waals surface area contributed by atoms with E-state index in [4.69, 9.17) is 16.3 Å². The summed E-state index contributed by atoms with van der Waals surface area (Å²) in [6.45, 7) is 4.70. The number of carbonyl (C=O) groups is 1. The van der Waals surface area contributed by atoms with Crippen molar-refractivity contribution < 1.29 is 14.6 Å². The summed E-state index contributed by atoms with van der Waals surface area (Å²) in [6.07, 6.45) is 7.78. The Morgan fingerprint density at radius 2 is 2.13 bits per heavy atom. The molecule has 6 nitrogen and oxygen atoms in total. The van der Waals surface area contributed by atoms with Crippen molar-refractivity contribution in [2.24, 2.45) is 10.9 Å². The minimum absolute atomic E-state index is 0.0114. The molecule has 5 unspecified atom stereocenters. The molecule has 1 amide bonds. The second-order valence-corrected chi connectivity index (χ2v) is 9.21. The number of rotatable bonds is 6. The van der Waals surface area contributed by atoms with E-state index in [1.165, 1.54) is 0 Å². The van der Waals surface area contributed by atoms with Gasteiger partial charge in [-0.05, 0) is 75.2 Å². The lowest BCUT2D eigenvalue weighted by atomic mass is 9.93. The number of halogens is 1. The van der Waals surface area contributed by atoms with Gasteiger partial charge in [0.15, 0.2) is 5.60 Å². The summed E-state index contributed by atoms with van der Waals surface area (Å²) in [5.41, 5.74) is 0.938. The molecule has 0 bridgehead atoms. The number of nitrogens with zero attached hydrogens (tertiary/aromatic N) is 2. The van der Waals surface area contributed by atoms with Crippen LogP contribution in [0.1, 0.15) is 49.0 Å². The third-order valence-electron chi connectivity index (χ3n) is 6.60. The van der Waals surface area contributed by atoms with Crippen molar-refractivity contribution in [2.75, 3.05) is 13.6 Å². The lowest BCUT2D eigenvalue weighted by molar-refractivity contribution is 0.0650. The highest BCUT2D eigenvalue weighted by Crippen LogP contribution is 2.35. The van der Waals surface area contributed by atoms with Crippen LogP contribution in [0.2, 0.25) is 0 Å². The molecule has 1 fully saturated rings. The first-order chi connectivity index (χ1) is 14.8. The predicted octanol–water partition coefficient (Wildman–Crippen LogP) is 3.45. The van der Waals surface area contributed by atoms with Gasteiger partial charge in [0.2, 0.25) is 5.90 Å². The Hall–Kier alpha value is -2.15. The van der Waals surface area contributed by atoms with E-state index in [2.05, 4.69) is 10.3 Å². The molecular formula is C24H30ClN3O3. The summed E-state index contributed by atoms with van der Waals surface area (Å²) in [5.74, 6) is 0.729. The predicted molar refractivity (Wildman–Crippen MR) is 122 cm³/mol. The third kappa shape index (κ3) is 4.43. The van der Waals surface area contributed by atoms with E-state index in [0.717, 1.165) is 31.4 Å². The quantitative estimate of drug-likeness (QED) is 0.660. The summed E-state index contributed by atoms with van der Waals surface area (Å²) in [5, 5.41) is 13.9. The van der Waals surface area contributed by atoms with Crippen molar-refractivity contribution in [1.29, 1.82) is 0 Å². The number of amides is 1. The van der Waals surface area contributed by atoms with E-state index >= 15 is 0 Å². The van der Waals surface area contributed by atoms with E-state index in [9.17, 15) is 9.90 Å². The van der Waals surface area contributed by atoms with Crippen LogP contribution in [0, 0.1) is 5.92 Å². The van der Waals surface area contributed by atoms with Gasteiger partial charge in [-0.1, -0.05) is 18.5 Å². The fraction of sp³-hybridized carbons (Fsp3) is 0.500. The van der Waals surface area contributed by atoms with Crippen molar-refractivity contribution in [3.63, 3.8) is 0 Å². The Bertz CT molecular complexity index is 927. The van der Waals surface area contributed by atoms with E-state index in [0.29, 0.717) is 16.5 Å². The number of carbonyl (C=O) groups excluding carboxylic acids is 1. The fourth-order valence-corrected chi connectivity index (χ4v) is 4.78. The topological polar surface area (TPSA) is 74.2 Å². The molecule has 0 spiro atoms. The van der Waals surface area contributed by atoms with E-state index < -0.39 is 11.8 Å². The van der Waals surface area contributed by atoms with Gasteiger partial charge in [-0.15, -0.1) is 0 Å². The van der Waals surface area contributed by atoms with Crippen molar-refractivity contribution in [2.45, 2.75) is 57.0 Å². The largest absolute Gasteiger partial charge is 0.464 e. The standard InChI is InChI=1S/C24H30ClN3O3/c1-4-26-21(29)17-9-10-19(13-17)28(3)23(30)16-7-5-15(6-8-16)22-27-20-14-18(25)11-12-24(20,2)31-22/h5-8,11-12,14,17,19-21,26,29H,4,9-10,13H2,1-3H3. The number of aliphatic hydroxyl groups is 1. The van der Waals surface area contributed by atoms with Crippen LogP contribution in [0.25, 0.3) is 0 Å². The maximum absolute atomic E-state index is 13.0. The Labute approximate surface area is 188 Å². The third-order valence-corrected chi connectivity index (χ3v) is 6.85. The van der Waals surface area contributed by atoms with Crippen LogP contribution in [0.3, 0.4) is 0 Å². The highest BCUT2D eigenvalue weighted by atomic mass is 35.5. The van der Waals surface area contributed by atoms with E-state index in [-0.39, 0.29) is 23.9 Å². The van der Waals surface area contributed by atoms with Crippen molar-refractivity contribution in [3.05, 3.63) is 58.7 Å². The molecule has 0 saturated heterocycles. The van der Waals surface area contributed by atoms with Gasteiger partial charge in [0.1, 0.15) is 12.3 Å². The first kappa shape index (κ1) is 22.1. The highest BCUT2D eigenvalue weighted by molar-refractivity contribution is 6.31. The monoisotopic (exact) mass is 443 g/mol. The van der Waals surface area contributed by atoms with Gasteiger partial charge in [0, 0.05) is 35.2 Å². The number of hydrogen-bond acceptors (Lipinski definition) is 5. The molecule has 5 atom stereocenters. The fourth-order valence-electron chi connectivity index (χ4n) is 4.60. The van der Waals surface area contributed by atoms with Gasteiger partial charge in [-0.3, -0.25) is 10.1 Å². The number of aliphatic hydroxyl groups excluding tert-OH is 1. The zero-order chi connectivity index (χ0) is 22.2. The average molecular weight is 444 g/mol. The molecule has 1 aliphatic heterocycles. The molecule has 0 radical (unpaired) electrons. The normalized spacial score (nSPS) is 30.3. The van der Waals surface area contributed by atoms with E-state index in [1.54, 1.807) is 0 Å². The first-order valence-electron chi connectivity index (χ1n) is 10.9. The van der Waals surface area contributed by atoms with Crippen LogP contribution in [-0.4, -0.2) is 59.3 Å². The number of hydrogen-bond donors (Lipinski definition) is 2. The lowest BCUT2D eigenvalue weighted by Crippen LogP contribution is -2.38. The number of aliphatic imine (C=N–C) groups is 1. The smallest absolute Gasteiger partial charge is 0.253 e. The molecule has 166 valence electrons. The number of ether oxygens (including phenoxy) is 1. The summed E-state index contributed by atoms with van der Waals surface area (Å²) < 4.78 is 6.11. The first-order valence-corrected chi connectivity index (χ1v) is 11.3. The molecule has 1 saturated carbocycles. The van der Waals surface area contributed by atoms with Crippen LogP contribution in [0.4, 0.5) is 0 Å². The molecule has 2 N–H and O–H groups in total. The van der Waals surface area contributed by atoms with Crippen LogP contribution in [0.5, 0.6) is 0 Å². The van der Waals surface area contributed by atoms with Crippen molar-refractivity contribution in [1.82, 2.24) is 10.2 Å². The van der Waals surface area contributed by atoms with Gasteiger partial charge in [0.25, 0.3) is 5.91 Å². The van der Waals surface area contributed by atoms with Crippen LogP contribution >= 0.6 is 11.6 Å². The Morgan fingerprint density at radius 3 is 2.84 bits per heavy atom. The van der Waals surface area contributed by atoms with Crippen molar-refractivity contribution >= 4 is 23.4 Å². The number of nitrogens with one attached hydrogen (secondary N) is 1. The number of fused-ring (bicyclic) bond motifs is 1. The molecule has 4 rings (SSSR count). The maximum atomic E-state index is 13.0. The molecule has 7 heteroatoms. The molecule has 3 aliphatic rings. The SMILES string of the molecule is CCNC(O)C1CCC(N(C)C(=O)c2ccc(C3=NC4C=C(Cl)C=CC4(C)O3)cc2)C1. The Balaban J connectivity index is 1.41. The summed E-state index contributed by atoms with van der Waals surface area (Å²) >= 11 is 6.11. The zero-order valence-corrected chi connectivity index (χ0v) is 19.0. The molecule has 1 aromatic carbocycles. The van der Waals surface area contributed by atoms with Gasteiger partial charge in [0.05, 0.1) is 0 Å². The van der Waals surface area contributed by atoms with Crippen LogP contribution < -0.4 is 5.32 Å². The number of allylic oxidation sites excluding steroid dienone is 2. The minimum Gasteiger partial charge on any atom is -0.464 e. The molecule has 0 aromatic heterocycles. The van der Waals surface area contributed by atoms with Gasteiger partial charge in [-0.25, -0.2) is 4.99 Å². The second-order valence-electron chi connectivity index (χ2n) is 8.77. The van der Waals surface area contributed by atoms with E-state index in [1.807, 2.05) is 68.3 Å². The maximum Gasteiger partial charge on any atom is 0.253 e. The molecule has 1 heterocycles. The Morgan fingerprint density at radius 1 is 1.39 bits per heavy atom. The van der Waals surface area contributed by atoms with Gasteiger partial charge in [-0.2, -0.15) is 0 Å². The lowest BCUT2D eigenvalue weighted by Gasteiger charge is -2.27. The van der Waals surface area contributed by atoms with Crippen LogP contribution in [-0.2, 0) is 4.74 Å². The molecule has 31 heavy (non-hydrogen) atoms. The highest BCUT2D eigenvalue weighted by Gasteiger charge is 2.41. The Kier molecular flexibility index (Phi) is 6.24. The minimum atomic E-state index is -0.529. The van der Waals surface area contributed by atoms with Gasteiger partial charge < -0.3 is 14.7 Å². The molecule has 2 aliphatic carbocycles. The average Bonchev–Trinajstić information content (AvgIpc) is 3.38. The second kappa shape index (κ2) is 8.77. The number of benzene rings is 1.